The van der Waals surface area contributed by atoms with Crippen LogP contribution in [0.1, 0.15) is 36.1 Å². The van der Waals surface area contributed by atoms with Crippen LogP contribution in [0, 0.1) is 0 Å². The number of nitrogens with zero attached hydrogens (tertiary/aromatic N) is 2. The van der Waals surface area contributed by atoms with Crippen molar-refractivity contribution in [3.63, 3.8) is 0 Å². The van der Waals surface area contributed by atoms with E-state index in [0.29, 0.717) is 17.0 Å². The number of anilines is 1. The fourth-order valence-electron chi connectivity index (χ4n) is 3.32. The van der Waals surface area contributed by atoms with Gasteiger partial charge in [0.05, 0.1) is 22.8 Å². The van der Waals surface area contributed by atoms with Crippen molar-refractivity contribution >= 4 is 28.5 Å². The molecule has 0 radical (unpaired) electrons. The molecular weight excluding hydrogens is 344 g/mol. The Hall–Kier alpha value is -3.35. The zero-order valence-corrected chi connectivity index (χ0v) is 15.2. The Morgan fingerprint density at radius 1 is 1.33 bits per heavy atom. The fraction of sp³-hybridized carbons (Fsp3) is 0.250. The van der Waals surface area contributed by atoms with Crippen LogP contribution in [0.25, 0.3) is 11.0 Å². The van der Waals surface area contributed by atoms with E-state index in [1.165, 1.54) is 0 Å². The van der Waals surface area contributed by atoms with Crippen LogP contribution in [-0.2, 0) is 11.3 Å². The molecule has 2 N–H and O–H groups in total. The molecule has 7 nitrogen and oxygen atoms in total. The number of amides is 2. The molecule has 7 heteroatoms. The number of carbonyl (C=O) groups excluding carboxylic acids is 2. The lowest BCUT2D eigenvalue weighted by molar-refractivity contribution is -0.118. The zero-order valence-electron chi connectivity index (χ0n) is 15.2. The molecule has 2 aromatic carbocycles. The summed E-state index contributed by atoms with van der Waals surface area (Å²) in [5, 5.41) is 5.71. The van der Waals surface area contributed by atoms with Crippen LogP contribution in [0.3, 0.4) is 0 Å². The van der Waals surface area contributed by atoms with Crippen LogP contribution in [0.4, 0.5) is 5.69 Å². The average molecular weight is 364 g/mol. The van der Waals surface area contributed by atoms with E-state index in [-0.39, 0.29) is 24.5 Å². The van der Waals surface area contributed by atoms with Crippen molar-refractivity contribution in [2.75, 3.05) is 11.9 Å². The Morgan fingerprint density at radius 3 is 2.96 bits per heavy atom. The minimum atomic E-state index is -0.262. The zero-order chi connectivity index (χ0) is 19.0. The first-order chi connectivity index (χ1) is 13.1. The van der Waals surface area contributed by atoms with E-state index in [9.17, 15) is 9.59 Å². The van der Waals surface area contributed by atoms with Crippen LogP contribution < -0.4 is 15.4 Å². The second kappa shape index (κ2) is 6.75. The molecule has 1 aromatic heterocycles. The van der Waals surface area contributed by atoms with Gasteiger partial charge < -0.3 is 19.9 Å². The van der Waals surface area contributed by atoms with Gasteiger partial charge in [-0.3, -0.25) is 9.59 Å². The number of hydrogen-bond donors (Lipinski definition) is 2. The van der Waals surface area contributed by atoms with E-state index < -0.39 is 0 Å². The third kappa shape index (κ3) is 3.12. The number of fused-ring (bicyclic) bond motifs is 2. The van der Waals surface area contributed by atoms with Gasteiger partial charge in [0.25, 0.3) is 11.8 Å². The minimum absolute atomic E-state index is 0.0466. The van der Waals surface area contributed by atoms with Gasteiger partial charge in [0, 0.05) is 12.1 Å². The predicted molar refractivity (Wildman–Crippen MR) is 102 cm³/mol. The number of imidazole rings is 1. The van der Waals surface area contributed by atoms with E-state index in [1.807, 2.05) is 31.2 Å². The molecule has 138 valence electrons. The molecule has 1 unspecified atom stereocenters. The standard InChI is InChI=1S/C20H20N4O3/c1-3-24-16-7-5-4-6-14(16)23-19(24)12(2)21-20(26)13-8-9-15-17(10-13)27-11-18(25)22-15/h4-10,12H,3,11H2,1-2H3,(H,21,26)(H,22,25). The molecule has 1 aliphatic rings. The molecule has 1 atom stereocenters. The largest absolute Gasteiger partial charge is 0.482 e. The molecule has 2 amide bonds. The molecule has 0 spiro atoms. The van der Waals surface area contributed by atoms with Crippen molar-refractivity contribution in [1.29, 1.82) is 0 Å². The maximum atomic E-state index is 12.7. The quantitative estimate of drug-likeness (QED) is 0.745. The van der Waals surface area contributed by atoms with Gasteiger partial charge >= 0.3 is 0 Å². The Kier molecular flexibility index (Phi) is 4.27. The normalized spacial score (nSPS) is 14.2. The van der Waals surface area contributed by atoms with Gasteiger partial charge in [-0.25, -0.2) is 4.98 Å². The van der Waals surface area contributed by atoms with Crippen LogP contribution in [0.5, 0.6) is 5.75 Å². The first-order valence-electron chi connectivity index (χ1n) is 8.89. The number of para-hydroxylation sites is 2. The highest BCUT2D eigenvalue weighted by Crippen LogP contribution is 2.29. The molecule has 0 aliphatic carbocycles. The Labute approximate surface area is 156 Å². The number of aryl methyl sites for hydroxylation is 1. The summed E-state index contributed by atoms with van der Waals surface area (Å²) in [7, 11) is 0. The number of benzene rings is 2. The lowest BCUT2D eigenvalue weighted by Gasteiger charge is -2.19. The average Bonchev–Trinajstić information content (AvgIpc) is 3.06. The van der Waals surface area contributed by atoms with Gasteiger partial charge in [-0.1, -0.05) is 12.1 Å². The highest BCUT2D eigenvalue weighted by Gasteiger charge is 2.21. The lowest BCUT2D eigenvalue weighted by Crippen LogP contribution is -2.29. The molecule has 2 heterocycles. The van der Waals surface area contributed by atoms with E-state index in [2.05, 4.69) is 27.1 Å². The molecule has 27 heavy (non-hydrogen) atoms. The van der Waals surface area contributed by atoms with Crippen LogP contribution >= 0.6 is 0 Å². The van der Waals surface area contributed by atoms with Gasteiger partial charge in [-0.2, -0.15) is 0 Å². The third-order valence-electron chi connectivity index (χ3n) is 4.61. The SMILES string of the molecule is CCn1c(C(C)NC(=O)c2ccc3c(c2)OCC(=O)N3)nc2ccccc21. The Bertz CT molecular complexity index is 1040. The fourth-order valence-corrected chi connectivity index (χ4v) is 3.32. The van der Waals surface area contributed by atoms with Gasteiger partial charge in [-0.15, -0.1) is 0 Å². The summed E-state index contributed by atoms with van der Waals surface area (Å²) in [4.78, 5) is 28.7. The lowest BCUT2D eigenvalue weighted by atomic mass is 10.1. The van der Waals surface area contributed by atoms with Crippen molar-refractivity contribution in [3.05, 3.63) is 53.9 Å². The van der Waals surface area contributed by atoms with E-state index in [0.717, 1.165) is 23.4 Å². The molecule has 0 fully saturated rings. The summed E-state index contributed by atoms with van der Waals surface area (Å²) >= 11 is 0. The van der Waals surface area contributed by atoms with Gasteiger partial charge in [0.1, 0.15) is 11.6 Å². The van der Waals surface area contributed by atoms with Gasteiger partial charge in [-0.05, 0) is 44.2 Å². The van der Waals surface area contributed by atoms with Crippen LogP contribution in [-0.4, -0.2) is 28.0 Å². The van der Waals surface area contributed by atoms with Crippen molar-refractivity contribution in [2.24, 2.45) is 0 Å². The number of carbonyl (C=O) groups is 2. The number of hydrogen-bond acceptors (Lipinski definition) is 4. The molecule has 0 bridgehead atoms. The second-order valence-corrected chi connectivity index (χ2v) is 6.45. The Morgan fingerprint density at radius 2 is 2.15 bits per heavy atom. The van der Waals surface area contributed by atoms with Crippen molar-refractivity contribution in [1.82, 2.24) is 14.9 Å². The topological polar surface area (TPSA) is 85.2 Å². The summed E-state index contributed by atoms with van der Waals surface area (Å²) in [6.45, 7) is 4.69. The summed E-state index contributed by atoms with van der Waals surface area (Å²) in [5.74, 6) is 0.886. The highest BCUT2D eigenvalue weighted by molar-refractivity contribution is 5.99. The van der Waals surface area contributed by atoms with E-state index >= 15 is 0 Å². The monoisotopic (exact) mass is 364 g/mol. The van der Waals surface area contributed by atoms with Crippen molar-refractivity contribution in [3.8, 4) is 5.75 Å². The molecule has 0 saturated heterocycles. The third-order valence-corrected chi connectivity index (χ3v) is 4.61. The number of aromatic nitrogens is 2. The van der Waals surface area contributed by atoms with E-state index in [1.54, 1.807) is 18.2 Å². The molecule has 1 aliphatic heterocycles. The molecule has 0 saturated carbocycles. The predicted octanol–water partition coefficient (Wildman–Crippen LogP) is 2.88. The van der Waals surface area contributed by atoms with Crippen molar-refractivity contribution in [2.45, 2.75) is 26.4 Å². The first-order valence-corrected chi connectivity index (χ1v) is 8.89. The van der Waals surface area contributed by atoms with Crippen molar-refractivity contribution < 1.29 is 14.3 Å². The number of ether oxygens (including phenoxy) is 1. The molecular formula is C20H20N4O3. The van der Waals surface area contributed by atoms with Gasteiger partial charge in [0.15, 0.2) is 6.61 Å². The number of nitrogens with one attached hydrogen (secondary N) is 2. The summed E-state index contributed by atoms with van der Waals surface area (Å²) in [6, 6.07) is 12.6. The smallest absolute Gasteiger partial charge is 0.262 e. The molecule has 3 aromatic rings. The number of rotatable bonds is 4. The second-order valence-electron chi connectivity index (χ2n) is 6.45. The minimum Gasteiger partial charge on any atom is -0.482 e. The van der Waals surface area contributed by atoms with Gasteiger partial charge in [0.2, 0.25) is 0 Å². The van der Waals surface area contributed by atoms with E-state index in [4.69, 9.17) is 4.74 Å². The van der Waals surface area contributed by atoms with Crippen LogP contribution in [0.15, 0.2) is 42.5 Å². The molecule has 4 rings (SSSR count). The highest BCUT2D eigenvalue weighted by atomic mass is 16.5. The first kappa shape index (κ1) is 17.1. The maximum Gasteiger partial charge on any atom is 0.262 e. The maximum absolute atomic E-state index is 12.7. The summed E-state index contributed by atoms with van der Waals surface area (Å²) < 4.78 is 7.49. The Balaban J connectivity index is 1.57. The van der Waals surface area contributed by atoms with Crippen LogP contribution in [0.2, 0.25) is 0 Å². The summed E-state index contributed by atoms with van der Waals surface area (Å²) in [5.41, 5.74) is 3.00. The summed E-state index contributed by atoms with van der Waals surface area (Å²) in [6.07, 6.45) is 0.